The Balaban J connectivity index is 1.78. The second kappa shape index (κ2) is 5.59. The molecular formula is C19H12O6. The third-order valence-electron chi connectivity index (χ3n) is 4.25. The molecular weight excluding hydrogens is 324 g/mol. The second-order valence-electron chi connectivity index (χ2n) is 5.75. The van der Waals surface area contributed by atoms with Crippen molar-refractivity contribution in [2.45, 2.75) is 6.42 Å². The zero-order chi connectivity index (χ0) is 17.6. The predicted molar refractivity (Wildman–Crippen MR) is 87.8 cm³/mol. The standard InChI is InChI=1S/C19H12O6/c20-16-10-5-1-3-7-14(10)24-18(22)12(16)9-13-17(21)11-6-2-4-8-15(11)25-19(13)23/h1-8,12,21H,9H2/t12-/m0/s1. The third kappa shape index (κ3) is 2.39. The summed E-state index contributed by atoms with van der Waals surface area (Å²) in [7, 11) is 0. The molecule has 0 aliphatic carbocycles. The lowest BCUT2D eigenvalue weighted by atomic mass is 9.89. The summed E-state index contributed by atoms with van der Waals surface area (Å²) in [6.07, 6.45) is -0.287. The van der Waals surface area contributed by atoms with E-state index >= 15 is 0 Å². The first kappa shape index (κ1) is 15.1. The van der Waals surface area contributed by atoms with Crippen LogP contribution in [-0.4, -0.2) is 16.9 Å². The molecule has 1 atom stereocenters. The molecule has 6 nitrogen and oxygen atoms in total. The van der Waals surface area contributed by atoms with Crippen molar-refractivity contribution in [3.63, 3.8) is 0 Å². The van der Waals surface area contributed by atoms with Gasteiger partial charge in [-0.1, -0.05) is 24.3 Å². The lowest BCUT2D eigenvalue weighted by Gasteiger charge is -2.22. The van der Waals surface area contributed by atoms with Gasteiger partial charge in [0.05, 0.1) is 16.5 Å². The molecule has 25 heavy (non-hydrogen) atoms. The van der Waals surface area contributed by atoms with Crippen molar-refractivity contribution in [2.75, 3.05) is 0 Å². The average molecular weight is 336 g/mol. The Labute approximate surface area is 141 Å². The van der Waals surface area contributed by atoms with Crippen LogP contribution in [-0.2, 0) is 11.2 Å². The Morgan fingerprint density at radius 1 is 0.960 bits per heavy atom. The van der Waals surface area contributed by atoms with Crippen LogP contribution in [0.5, 0.6) is 11.5 Å². The van der Waals surface area contributed by atoms with Crippen LogP contribution in [0.1, 0.15) is 15.9 Å². The summed E-state index contributed by atoms with van der Waals surface area (Å²) >= 11 is 0. The maximum Gasteiger partial charge on any atom is 0.343 e. The molecule has 0 saturated heterocycles. The van der Waals surface area contributed by atoms with Crippen LogP contribution >= 0.6 is 0 Å². The van der Waals surface area contributed by atoms with E-state index in [-0.39, 0.29) is 34.6 Å². The van der Waals surface area contributed by atoms with E-state index in [9.17, 15) is 19.5 Å². The maximum absolute atomic E-state index is 12.6. The first-order valence-electron chi connectivity index (χ1n) is 7.65. The molecule has 124 valence electrons. The van der Waals surface area contributed by atoms with Crippen LogP contribution in [0.15, 0.2) is 57.7 Å². The summed E-state index contributed by atoms with van der Waals surface area (Å²) in [5.74, 6) is -2.49. The van der Waals surface area contributed by atoms with Crippen LogP contribution in [0.25, 0.3) is 11.0 Å². The molecule has 0 saturated carbocycles. The third-order valence-corrected chi connectivity index (χ3v) is 4.25. The molecule has 2 heterocycles. The predicted octanol–water partition coefficient (Wildman–Crippen LogP) is 2.46. The van der Waals surface area contributed by atoms with Crippen molar-refractivity contribution in [1.29, 1.82) is 0 Å². The molecule has 3 aromatic rings. The summed E-state index contributed by atoms with van der Waals surface area (Å²) in [5, 5.41) is 10.7. The van der Waals surface area contributed by atoms with Gasteiger partial charge < -0.3 is 14.3 Å². The van der Waals surface area contributed by atoms with E-state index in [1.54, 1.807) is 42.5 Å². The number of fused-ring (bicyclic) bond motifs is 2. The zero-order valence-corrected chi connectivity index (χ0v) is 12.9. The van der Waals surface area contributed by atoms with E-state index in [2.05, 4.69) is 0 Å². The van der Waals surface area contributed by atoms with Gasteiger partial charge in [0.25, 0.3) is 0 Å². The number of carbonyl (C=O) groups excluding carboxylic acids is 2. The molecule has 2 aromatic carbocycles. The van der Waals surface area contributed by atoms with E-state index in [1.807, 2.05) is 0 Å². The molecule has 0 radical (unpaired) electrons. The number of aromatic hydroxyl groups is 1. The fourth-order valence-corrected chi connectivity index (χ4v) is 2.97. The molecule has 0 spiro atoms. The molecule has 1 aromatic heterocycles. The highest BCUT2D eigenvalue weighted by atomic mass is 16.5. The SMILES string of the molecule is O=C1Oc2ccccc2C(=O)[C@@H]1Cc1c(O)c2ccccc2oc1=O. The van der Waals surface area contributed by atoms with Gasteiger partial charge in [-0.3, -0.25) is 9.59 Å². The number of esters is 1. The number of para-hydroxylation sites is 2. The van der Waals surface area contributed by atoms with Crippen molar-refractivity contribution >= 4 is 22.7 Å². The molecule has 0 amide bonds. The summed E-state index contributed by atoms with van der Waals surface area (Å²) in [6, 6.07) is 12.9. The van der Waals surface area contributed by atoms with Crippen molar-refractivity contribution < 1.29 is 23.8 Å². The first-order chi connectivity index (χ1) is 12.1. The van der Waals surface area contributed by atoms with Crippen molar-refractivity contribution in [2.24, 2.45) is 5.92 Å². The van der Waals surface area contributed by atoms with Gasteiger partial charge in [-0.05, 0) is 24.3 Å². The maximum atomic E-state index is 12.6. The topological polar surface area (TPSA) is 93.8 Å². The minimum Gasteiger partial charge on any atom is -0.507 e. The lowest BCUT2D eigenvalue weighted by molar-refractivity contribution is -0.137. The summed E-state index contributed by atoms with van der Waals surface area (Å²) in [5.41, 5.74) is -0.391. The smallest absolute Gasteiger partial charge is 0.343 e. The molecule has 1 N–H and O–H groups in total. The van der Waals surface area contributed by atoms with Gasteiger partial charge in [0, 0.05) is 6.42 Å². The van der Waals surface area contributed by atoms with Gasteiger partial charge in [0.1, 0.15) is 23.0 Å². The molecule has 1 aliphatic heterocycles. The number of hydrogen-bond donors (Lipinski definition) is 1. The minimum atomic E-state index is -1.20. The zero-order valence-electron chi connectivity index (χ0n) is 12.9. The number of rotatable bonds is 2. The van der Waals surface area contributed by atoms with Gasteiger partial charge >= 0.3 is 11.6 Å². The van der Waals surface area contributed by atoms with E-state index in [1.165, 1.54) is 6.07 Å². The highest BCUT2D eigenvalue weighted by Crippen LogP contribution is 2.32. The molecule has 0 bridgehead atoms. The Morgan fingerprint density at radius 2 is 1.68 bits per heavy atom. The van der Waals surface area contributed by atoms with Crippen LogP contribution in [0, 0.1) is 5.92 Å². The summed E-state index contributed by atoms with van der Waals surface area (Å²) in [6.45, 7) is 0. The van der Waals surface area contributed by atoms with Crippen molar-refractivity contribution in [3.8, 4) is 11.5 Å². The van der Waals surface area contributed by atoms with Gasteiger partial charge in [-0.2, -0.15) is 0 Å². The van der Waals surface area contributed by atoms with Gasteiger partial charge in [-0.15, -0.1) is 0 Å². The number of ketones is 1. The molecule has 6 heteroatoms. The Kier molecular flexibility index (Phi) is 3.39. The summed E-state index contributed by atoms with van der Waals surface area (Å²) < 4.78 is 10.4. The largest absolute Gasteiger partial charge is 0.507 e. The van der Waals surface area contributed by atoms with Crippen LogP contribution in [0.4, 0.5) is 0 Å². The van der Waals surface area contributed by atoms with Gasteiger partial charge in [0.15, 0.2) is 5.78 Å². The Morgan fingerprint density at radius 3 is 2.52 bits per heavy atom. The molecule has 1 aliphatic rings. The number of ether oxygens (including phenoxy) is 1. The Hall–Kier alpha value is -3.41. The second-order valence-corrected chi connectivity index (χ2v) is 5.75. The number of Topliss-reactive ketones (excluding diaryl/α,β-unsaturated/α-hetero) is 1. The fraction of sp³-hybridized carbons (Fsp3) is 0.105. The van der Waals surface area contributed by atoms with Crippen LogP contribution < -0.4 is 10.4 Å². The molecule has 0 unspecified atom stereocenters. The molecule has 4 rings (SSSR count). The van der Waals surface area contributed by atoms with Crippen LogP contribution in [0.3, 0.4) is 0 Å². The highest BCUT2D eigenvalue weighted by Gasteiger charge is 2.37. The highest BCUT2D eigenvalue weighted by molar-refractivity contribution is 6.13. The van der Waals surface area contributed by atoms with E-state index in [0.717, 1.165) is 0 Å². The van der Waals surface area contributed by atoms with Crippen LogP contribution in [0.2, 0.25) is 0 Å². The average Bonchev–Trinajstić information content (AvgIpc) is 2.61. The van der Waals surface area contributed by atoms with Crippen molar-refractivity contribution in [1.82, 2.24) is 0 Å². The number of benzene rings is 2. The number of carbonyl (C=O) groups is 2. The monoisotopic (exact) mass is 336 g/mol. The normalized spacial score (nSPS) is 16.6. The van der Waals surface area contributed by atoms with Gasteiger partial charge in [0.2, 0.25) is 0 Å². The Bertz CT molecular complexity index is 1080. The minimum absolute atomic E-state index is 0.117. The summed E-state index contributed by atoms with van der Waals surface area (Å²) in [4.78, 5) is 37.0. The van der Waals surface area contributed by atoms with Gasteiger partial charge in [-0.25, -0.2) is 4.79 Å². The lowest BCUT2D eigenvalue weighted by Crippen LogP contribution is -2.35. The van der Waals surface area contributed by atoms with E-state index in [4.69, 9.17) is 9.15 Å². The molecule has 0 fully saturated rings. The first-order valence-corrected chi connectivity index (χ1v) is 7.65. The quantitative estimate of drug-likeness (QED) is 0.334. The van der Waals surface area contributed by atoms with E-state index < -0.39 is 23.3 Å². The van der Waals surface area contributed by atoms with Crippen molar-refractivity contribution in [3.05, 3.63) is 70.1 Å². The fourth-order valence-electron chi connectivity index (χ4n) is 2.97. The van der Waals surface area contributed by atoms with E-state index in [0.29, 0.717) is 5.39 Å². The number of hydrogen-bond acceptors (Lipinski definition) is 6.